The molecule has 1 saturated heterocycles. The summed E-state index contributed by atoms with van der Waals surface area (Å²) in [7, 11) is 1.70. The quantitative estimate of drug-likeness (QED) is 0.830. The van der Waals surface area contributed by atoms with Gasteiger partial charge >= 0.3 is 0 Å². The molecule has 16 heavy (non-hydrogen) atoms. The van der Waals surface area contributed by atoms with Gasteiger partial charge in [0.2, 0.25) is 5.91 Å². The van der Waals surface area contributed by atoms with Gasteiger partial charge in [-0.25, -0.2) is 8.78 Å². The number of likely N-dealkylation sites (tertiary alicyclic amines) is 1. The number of nitrogens with one attached hydrogen (secondary N) is 1. The summed E-state index contributed by atoms with van der Waals surface area (Å²) < 4.78 is 25.8. The third-order valence-electron chi connectivity index (χ3n) is 2.63. The Labute approximate surface area is 92.1 Å². The van der Waals surface area contributed by atoms with Crippen LogP contribution >= 0.6 is 0 Å². The summed E-state index contributed by atoms with van der Waals surface area (Å²) in [5.41, 5.74) is 0.297. The molecule has 0 aliphatic carbocycles. The summed E-state index contributed by atoms with van der Waals surface area (Å²) in [6.07, 6.45) is 0.646. The minimum atomic E-state index is -0.652. The SMILES string of the molecule is CN1CC[C@H](Nc2cc(F)cc(F)c2)C1=O. The molecule has 0 saturated carbocycles. The first kappa shape index (κ1) is 10.9. The number of hydrogen-bond donors (Lipinski definition) is 1. The second kappa shape index (κ2) is 4.08. The van der Waals surface area contributed by atoms with Crippen LogP contribution in [0.1, 0.15) is 6.42 Å². The lowest BCUT2D eigenvalue weighted by molar-refractivity contribution is -0.127. The van der Waals surface area contributed by atoms with Crippen molar-refractivity contribution in [3.8, 4) is 0 Å². The highest BCUT2D eigenvalue weighted by atomic mass is 19.1. The van der Waals surface area contributed by atoms with Gasteiger partial charge in [-0.3, -0.25) is 4.79 Å². The number of benzene rings is 1. The first-order valence-corrected chi connectivity index (χ1v) is 5.04. The van der Waals surface area contributed by atoms with Gasteiger partial charge < -0.3 is 10.2 Å². The average Bonchev–Trinajstić information content (AvgIpc) is 2.48. The molecule has 0 bridgehead atoms. The predicted molar refractivity (Wildman–Crippen MR) is 56.0 cm³/mol. The van der Waals surface area contributed by atoms with Crippen LogP contribution in [0.5, 0.6) is 0 Å². The molecule has 1 atom stereocenters. The molecular formula is C11H12F2N2O. The fourth-order valence-corrected chi connectivity index (χ4v) is 1.79. The molecule has 86 valence electrons. The predicted octanol–water partition coefficient (Wildman–Crippen LogP) is 1.61. The standard InChI is InChI=1S/C11H12F2N2O/c1-15-3-2-10(11(15)16)14-9-5-7(12)4-8(13)6-9/h4-6,10,14H,2-3H2,1H3/t10-/m0/s1. The molecule has 2 rings (SSSR count). The fraction of sp³-hybridized carbons (Fsp3) is 0.364. The minimum Gasteiger partial charge on any atom is -0.373 e. The minimum absolute atomic E-state index is 0.0512. The van der Waals surface area contributed by atoms with Gasteiger partial charge in [-0.15, -0.1) is 0 Å². The van der Waals surface area contributed by atoms with Crippen molar-refractivity contribution in [3.05, 3.63) is 29.8 Å². The van der Waals surface area contributed by atoms with E-state index in [1.54, 1.807) is 11.9 Å². The van der Waals surface area contributed by atoms with E-state index in [-0.39, 0.29) is 11.9 Å². The first-order chi connectivity index (χ1) is 7.56. The second-order valence-corrected chi connectivity index (χ2v) is 3.90. The highest BCUT2D eigenvalue weighted by Gasteiger charge is 2.28. The average molecular weight is 226 g/mol. The number of amides is 1. The van der Waals surface area contributed by atoms with E-state index in [0.717, 1.165) is 6.07 Å². The molecule has 0 aromatic heterocycles. The lowest BCUT2D eigenvalue weighted by Crippen LogP contribution is -2.30. The van der Waals surface area contributed by atoms with E-state index < -0.39 is 11.6 Å². The number of hydrogen-bond acceptors (Lipinski definition) is 2. The van der Waals surface area contributed by atoms with Gasteiger partial charge in [-0.1, -0.05) is 0 Å². The third kappa shape index (κ3) is 2.13. The van der Waals surface area contributed by atoms with E-state index in [1.807, 2.05) is 0 Å². The van der Waals surface area contributed by atoms with Crippen LogP contribution in [0.25, 0.3) is 0 Å². The Kier molecular flexibility index (Phi) is 2.77. The molecule has 1 aromatic carbocycles. The van der Waals surface area contributed by atoms with Crippen molar-refractivity contribution in [2.45, 2.75) is 12.5 Å². The number of anilines is 1. The van der Waals surface area contributed by atoms with Gasteiger partial charge in [0.25, 0.3) is 0 Å². The van der Waals surface area contributed by atoms with E-state index in [1.165, 1.54) is 12.1 Å². The van der Waals surface area contributed by atoms with Crippen LogP contribution in [0.3, 0.4) is 0 Å². The van der Waals surface area contributed by atoms with Crippen LogP contribution in [-0.2, 0) is 4.79 Å². The zero-order chi connectivity index (χ0) is 11.7. The van der Waals surface area contributed by atoms with Crippen LogP contribution in [-0.4, -0.2) is 30.4 Å². The highest BCUT2D eigenvalue weighted by molar-refractivity contribution is 5.86. The number of nitrogens with zero attached hydrogens (tertiary/aromatic N) is 1. The monoisotopic (exact) mass is 226 g/mol. The molecule has 0 spiro atoms. The second-order valence-electron chi connectivity index (χ2n) is 3.90. The van der Waals surface area contributed by atoms with Gasteiger partial charge in [-0.05, 0) is 18.6 Å². The lowest BCUT2D eigenvalue weighted by atomic mass is 10.2. The van der Waals surface area contributed by atoms with Crippen molar-refractivity contribution in [2.75, 3.05) is 18.9 Å². The van der Waals surface area contributed by atoms with Crippen LogP contribution < -0.4 is 5.32 Å². The zero-order valence-electron chi connectivity index (χ0n) is 8.84. The van der Waals surface area contributed by atoms with Gasteiger partial charge in [-0.2, -0.15) is 0 Å². The molecule has 1 amide bonds. The number of likely N-dealkylation sites (N-methyl/N-ethyl adjacent to an activating group) is 1. The lowest BCUT2D eigenvalue weighted by Gasteiger charge is -2.13. The summed E-state index contributed by atoms with van der Waals surface area (Å²) in [6.45, 7) is 0.661. The summed E-state index contributed by atoms with van der Waals surface area (Å²) in [6, 6.07) is 2.77. The van der Waals surface area contributed by atoms with E-state index >= 15 is 0 Å². The Morgan fingerprint density at radius 1 is 1.31 bits per heavy atom. The number of halogens is 2. The maximum absolute atomic E-state index is 12.9. The normalized spacial score (nSPS) is 20.3. The molecular weight excluding hydrogens is 214 g/mol. The van der Waals surface area contributed by atoms with Crippen LogP contribution in [0.15, 0.2) is 18.2 Å². The Balaban J connectivity index is 2.12. The molecule has 0 unspecified atom stereocenters. The maximum atomic E-state index is 12.9. The molecule has 0 radical (unpaired) electrons. The Bertz CT molecular complexity index is 402. The number of carbonyl (C=O) groups is 1. The van der Waals surface area contributed by atoms with Crippen LogP contribution in [0.4, 0.5) is 14.5 Å². The molecule has 5 heteroatoms. The van der Waals surface area contributed by atoms with Crippen molar-refractivity contribution in [3.63, 3.8) is 0 Å². The molecule has 1 fully saturated rings. The fourth-order valence-electron chi connectivity index (χ4n) is 1.79. The summed E-state index contributed by atoms with van der Waals surface area (Å²) in [4.78, 5) is 13.1. The van der Waals surface area contributed by atoms with Gasteiger partial charge in [0, 0.05) is 25.3 Å². The Hall–Kier alpha value is -1.65. The summed E-state index contributed by atoms with van der Waals surface area (Å²) in [5, 5.41) is 2.83. The van der Waals surface area contributed by atoms with Crippen LogP contribution in [0, 0.1) is 11.6 Å². The number of rotatable bonds is 2. The Morgan fingerprint density at radius 3 is 2.44 bits per heavy atom. The molecule has 1 aliphatic rings. The third-order valence-corrected chi connectivity index (χ3v) is 2.63. The largest absolute Gasteiger partial charge is 0.373 e. The molecule has 1 N–H and O–H groups in total. The topological polar surface area (TPSA) is 32.3 Å². The van der Waals surface area contributed by atoms with Gasteiger partial charge in [0.05, 0.1) is 0 Å². The van der Waals surface area contributed by atoms with Crippen molar-refractivity contribution in [2.24, 2.45) is 0 Å². The molecule has 1 heterocycles. The van der Waals surface area contributed by atoms with Gasteiger partial charge in [0.15, 0.2) is 0 Å². The molecule has 1 aliphatic heterocycles. The maximum Gasteiger partial charge on any atom is 0.244 e. The molecule has 1 aromatic rings. The van der Waals surface area contributed by atoms with Crippen molar-refractivity contribution < 1.29 is 13.6 Å². The van der Waals surface area contributed by atoms with Crippen molar-refractivity contribution in [1.29, 1.82) is 0 Å². The van der Waals surface area contributed by atoms with Crippen molar-refractivity contribution >= 4 is 11.6 Å². The highest BCUT2D eigenvalue weighted by Crippen LogP contribution is 2.18. The van der Waals surface area contributed by atoms with Crippen molar-refractivity contribution in [1.82, 2.24) is 4.90 Å². The van der Waals surface area contributed by atoms with E-state index in [4.69, 9.17) is 0 Å². The van der Waals surface area contributed by atoms with E-state index in [2.05, 4.69) is 5.32 Å². The van der Waals surface area contributed by atoms with Crippen LogP contribution in [0.2, 0.25) is 0 Å². The Morgan fingerprint density at radius 2 is 1.94 bits per heavy atom. The van der Waals surface area contributed by atoms with Gasteiger partial charge in [0.1, 0.15) is 17.7 Å². The molecule has 3 nitrogen and oxygen atoms in total. The zero-order valence-corrected chi connectivity index (χ0v) is 8.84. The summed E-state index contributed by atoms with van der Waals surface area (Å²) >= 11 is 0. The first-order valence-electron chi connectivity index (χ1n) is 5.04. The van der Waals surface area contributed by atoms with E-state index in [0.29, 0.717) is 18.7 Å². The number of carbonyl (C=O) groups excluding carboxylic acids is 1. The van der Waals surface area contributed by atoms with E-state index in [9.17, 15) is 13.6 Å². The summed E-state index contributed by atoms with van der Waals surface area (Å²) in [5.74, 6) is -1.35. The smallest absolute Gasteiger partial charge is 0.244 e.